The number of hydrogen-bond donors (Lipinski definition) is 0. The van der Waals surface area contributed by atoms with Gasteiger partial charge in [0.25, 0.3) is 0 Å². The molecule has 1 fully saturated rings. The summed E-state index contributed by atoms with van der Waals surface area (Å²) < 4.78 is 17.2. The summed E-state index contributed by atoms with van der Waals surface area (Å²) in [6.07, 6.45) is 2.07. The summed E-state index contributed by atoms with van der Waals surface area (Å²) in [5.74, 6) is 0. The second-order valence-corrected chi connectivity index (χ2v) is 4.83. The highest BCUT2D eigenvalue weighted by Crippen LogP contribution is 2.24. The molecule has 3 nitrogen and oxygen atoms in total. The van der Waals surface area contributed by atoms with Crippen molar-refractivity contribution in [1.29, 1.82) is 0 Å². The lowest BCUT2D eigenvalue weighted by molar-refractivity contribution is -0.0852. The third-order valence-corrected chi connectivity index (χ3v) is 2.43. The van der Waals surface area contributed by atoms with Gasteiger partial charge in [0.2, 0.25) is 0 Å². The van der Waals surface area contributed by atoms with Crippen LogP contribution in [0.1, 0.15) is 41.0 Å². The summed E-state index contributed by atoms with van der Waals surface area (Å²) in [5.41, 5.74) is 0. The van der Waals surface area contributed by atoms with Crippen LogP contribution in [0.15, 0.2) is 0 Å². The van der Waals surface area contributed by atoms with Crippen LogP contribution in [0.3, 0.4) is 0 Å². The van der Waals surface area contributed by atoms with Crippen molar-refractivity contribution in [3.8, 4) is 0 Å². The fraction of sp³-hybridized carbons (Fsp3) is 1.00. The first-order valence-electron chi connectivity index (χ1n) is 5.91. The number of ether oxygens (including phenoxy) is 3. The topological polar surface area (TPSA) is 27.7 Å². The van der Waals surface area contributed by atoms with Crippen LogP contribution in [0.5, 0.6) is 0 Å². The predicted octanol–water partition coefficient (Wildman–Crippen LogP) is 2.38. The van der Waals surface area contributed by atoms with Crippen LogP contribution in [0, 0.1) is 0 Å². The van der Waals surface area contributed by atoms with Gasteiger partial charge in [-0.25, -0.2) is 0 Å². The standard InChI is InChI=1S/C12H24O3/c1-8(2)13-7-12-11(14-9(3)4)6-10(5)15-12/h8-12H,6-7H2,1-5H3. The molecule has 0 aromatic carbocycles. The van der Waals surface area contributed by atoms with E-state index in [1.54, 1.807) is 0 Å². The third kappa shape index (κ3) is 4.49. The minimum absolute atomic E-state index is 0.102. The van der Waals surface area contributed by atoms with E-state index in [4.69, 9.17) is 14.2 Å². The van der Waals surface area contributed by atoms with Crippen molar-refractivity contribution in [2.24, 2.45) is 0 Å². The largest absolute Gasteiger partial charge is 0.376 e. The molecule has 3 unspecified atom stereocenters. The quantitative estimate of drug-likeness (QED) is 0.706. The normalized spacial score (nSPS) is 31.8. The van der Waals surface area contributed by atoms with E-state index in [1.807, 2.05) is 13.8 Å². The lowest BCUT2D eigenvalue weighted by atomic mass is 10.1. The molecule has 1 aliphatic heterocycles. The molecule has 0 radical (unpaired) electrons. The van der Waals surface area contributed by atoms with E-state index in [0.29, 0.717) is 6.61 Å². The average Bonchev–Trinajstić information content (AvgIpc) is 2.41. The summed E-state index contributed by atoms with van der Waals surface area (Å²) in [5, 5.41) is 0. The van der Waals surface area contributed by atoms with Crippen LogP contribution in [0.25, 0.3) is 0 Å². The van der Waals surface area contributed by atoms with Gasteiger partial charge in [-0.05, 0) is 34.6 Å². The fourth-order valence-corrected chi connectivity index (χ4v) is 1.85. The second-order valence-electron chi connectivity index (χ2n) is 4.83. The molecule has 15 heavy (non-hydrogen) atoms. The first kappa shape index (κ1) is 12.9. The maximum absolute atomic E-state index is 5.82. The van der Waals surface area contributed by atoms with Gasteiger partial charge in [-0.1, -0.05) is 0 Å². The first-order chi connectivity index (χ1) is 6.99. The Kier molecular flexibility index (Phi) is 5.03. The van der Waals surface area contributed by atoms with Crippen molar-refractivity contribution in [2.75, 3.05) is 6.61 Å². The van der Waals surface area contributed by atoms with Crippen LogP contribution >= 0.6 is 0 Å². The molecule has 0 N–H and O–H groups in total. The predicted molar refractivity (Wildman–Crippen MR) is 60.0 cm³/mol. The molecule has 3 atom stereocenters. The number of rotatable bonds is 5. The van der Waals surface area contributed by atoms with Crippen LogP contribution in [-0.4, -0.2) is 37.1 Å². The molecule has 0 bridgehead atoms. The third-order valence-electron chi connectivity index (χ3n) is 2.43. The van der Waals surface area contributed by atoms with Gasteiger partial charge >= 0.3 is 0 Å². The molecule has 0 spiro atoms. The van der Waals surface area contributed by atoms with Gasteiger partial charge in [-0.15, -0.1) is 0 Å². The van der Waals surface area contributed by atoms with Crippen LogP contribution in [0.4, 0.5) is 0 Å². The minimum atomic E-state index is 0.102. The smallest absolute Gasteiger partial charge is 0.107 e. The molecule has 0 aromatic rings. The number of hydrogen-bond acceptors (Lipinski definition) is 3. The van der Waals surface area contributed by atoms with E-state index in [2.05, 4.69) is 20.8 Å². The van der Waals surface area contributed by atoms with Crippen molar-refractivity contribution in [3.63, 3.8) is 0 Å². The molecule has 0 saturated carbocycles. The van der Waals surface area contributed by atoms with Gasteiger partial charge in [0, 0.05) is 6.42 Å². The summed E-state index contributed by atoms with van der Waals surface area (Å²) in [7, 11) is 0. The molecule has 90 valence electrons. The second kappa shape index (κ2) is 5.83. The summed E-state index contributed by atoms with van der Waals surface area (Å²) >= 11 is 0. The lowest BCUT2D eigenvalue weighted by Crippen LogP contribution is -2.32. The Morgan fingerprint density at radius 1 is 1.20 bits per heavy atom. The Morgan fingerprint density at radius 2 is 1.87 bits per heavy atom. The average molecular weight is 216 g/mol. The van der Waals surface area contributed by atoms with E-state index in [9.17, 15) is 0 Å². The molecule has 0 aromatic heterocycles. The highest BCUT2D eigenvalue weighted by atomic mass is 16.6. The maximum atomic E-state index is 5.82. The van der Waals surface area contributed by atoms with Crippen LogP contribution in [0.2, 0.25) is 0 Å². The Hall–Kier alpha value is -0.120. The highest BCUT2D eigenvalue weighted by molar-refractivity contribution is 4.82. The van der Waals surface area contributed by atoms with Gasteiger partial charge in [0.1, 0.15) is 6.10 Å². The minimum Gasteiger partial charge on any atom is -0.376 e. The Bertz CT molecular complexity index is 180. The van der Waals surface area contributed by atoms with Crippen LogP contribution < -0.4 is 0 Å². The zero-order valence-corrected chi connectivity index (χ0v) is 10.5. The summed E-state index contributed by atoms with van der Waals surface area (Å²) in [6.45, 7) is 10.9. The van der Waals surface area contributed by atoms with E-state index >= 15 is 0 Å². The van der Waals surface area contributed by atoms with E-state index in [0.717, 1.165) is 6.42 Å². The van der Waals surface area contributed by atoms with Gasteiger partial charge in [-0.2, -0.15) is 0 Å². The van der Waals surface area contributed by atoms with Crippen LogP contribution in [-0.2, 0) is 14.2 Å². The molecule has 0 amide bonds. The van der Waals surface area contributed by atoms with E-state index < -0.39 is 0 Å². The highest BCUT2D eigenvalue weighted by Gasteiger charge is 2.34. The molecule has 3 heteroatoms. The van der Waals surface area contributed by atoms with Gasteiger partial charge < -0.3 is 14.2 Å². The molecule has 0 aliphatic carbocycles. The summed E-state index contributed by atoms with van der Waals surface area (Å²) in [6, 6.07) is 0. The Morgan fingerprint density at radius 3 is 2.40 bits per heavy atom. The van der Waals surface area contributed by atoms with Crippen molar-refractivity contribution in [1.82, 2.24) is 0 Å². The molecular weight excluding hydrogens is 192 g/mol. The Labute approximate surface area is 93.1 Å². The fourth-order valence-electron chi connectivity index (χ4n) is 1.85. The zero-order valence-electron chi connectivity index (χ0n) is 10.5. The zero-order chi connectivity index (χ0) is 11.4. The molecule has 1 rings (SSSR count). The molecule has 1 heterocycles. The van der Waals surface area contributed by atoms with E-state index in [-0.39, 0.29) is 30.5 Å². The van der Waals surface area contributed by atoms with Gasteiger partial charge in [0.05, 0.1) is 31.0 Å². The monoisotopic (exact) mass is 216 g/mol. The Balaban J connectivity index is 2.38. The maximum Gasteiger partial charge on any atom is 0.107 e. The SMILES string of the molecule is CC(C)OCC1OC(C)CC1OC(C)C. The molecular formula is C12H24O3. The van der Waals surface area contributed by atoms with Gasteiger partial charge in [-0.3, -0.25) is 0 Å². The van der Waals surface area contributed by atoms with Gasteiger partial charge in [0.15, 0.2) is 0 Å². The lowest BCUT2D eigenvalue weighted by Gasteiger charge is -2.22. The molecule has 1 saturated heterocycles. The van der Waals surface area contributed by atoms with Crippen molar-refractivity contribution >= 4 is 0 Å². The van der Waals surface area contributed by atoms with E-state index in [1.165, 1.54) is 0 Å². The molecule has 1 aliphatic rings. The van der Waals surface area contributed by atoms with Crippen molar-refractivity contribution < 1.29 is 14.2 Å². The summed E-state index contributed by atoms with van der Waals surface area (Å²) in [4.78, 5) is 0. The van der Waals surface area contributed by atoms with Crippen molar-refractivity contribution in [3.05, 3.63) is 0 Å². The van der Waals surface area contributed by atoms with Crippen molar-refractivity contribution in [2.45, 2.75) is 71.6 Å². The first-order valence-corrected chi connectivity index (χ1v) is 5.91.